The van der Waals surface area contributed by atoms with Crippen molar-refractivity contribution in [3.05, 3.63) is 99.5 Å². The Hall–Kier alpha value is -3.75. The van der Waals surface area contributed by atoms with Gasteiger partial charge in [-0.3, -0.25) is 10.1 Å². The Morgan fingerprint density at radius 3 is 2.60 bits per heavy atom. The van der Waals surface area contributed by atoms with Crippen molar-refractivity contribution in [2.24, 2.45) is 4.99 Å². The first-order chi connectivity index (χ1) is 14.4. The molecule has 9 heteroatoms. The van der Waals surface area contributed by atoms with Crippen molar-refractivity contribution in [1.29, 1.82) is 0 Å². The Morgan fingerprint density at radius 1 is 1.20 bits per heavy atom. The highest BCUT2D eigenvalue weighted by molar-refractivity contribution is 5.80. The molecule has 0 aliphatic carbocycles. The van der Waals surface area contributed by atoms with Gasteiger partial charge in [-0.25, -0.2) is 13.8 Å². The van der Waals surface area contributed by atoms with Crippen LogP contribution in [0, 0.1) is 21.7 Å². The number of guanidine groups is 1. The molecule has 0 radical (unpaired) electrons. The lowest BCUT2D eigenvalue weighted by molar-refractivity contribution is -0.384. The van der Waals surface area contributed by atoms with Gasteiger partial charge >= 0.3 is 0 Å². The Morgan fingerprint density at radius 2 is 1.97 bits per heavy atom. The zero-order chi connectivity index (χ0) is 21.5. The molecule has 1 aromatic heterocycles. The van der Waals surface area contributed by atoms with E-state index in [1.54, 1.807) is 37.5 Å². The summed E-state index contributed by atoms with van der Waals surface area (Å²) < 4.78 is 32.6. The van der Waals surface area contributed by atoms with Crippen LogP contribution in [0.3, 0.4) is 0 Å². The standard InChI is InChI=1S/C21H20F2N4O3/c1-14(19-9-6-16(22)11-20(19)23)26-21(25-13-18-3-2-10-30-18)24-12-15-4-7-17(8-5-15)27(28)29/h2-11,14H,12-13H2,1H3,(H2,24,25,26). The zero-order valence-corrected chi connectivity index (χ0v) is 16.1. The van der Waals surface area contributed by atoms with E-state index in [1.807, 2.05) is 0 Å². The third-order valence-corrected chi connectivity index (χ3v) is 4.36. The summed E-state index contributed by atoms with van der Waals surface area (Å²) in [6, 6.07) is 12.5. The monoisotopic (exact) mass is 414 g/mol. The Kier molecular flexibility index (Phi) is 6.74. The molecule has 0 amide bonds. The highest BCUT2D eigenvalue weighted by Crippen LogP contribution is 2.18. The molecule has 7 nitrogen and oxygen atoms in total. The van der Waals surface area contributed by atoms with Gasteiger partial charge in [-0.05, 0) is 30.7 Å². The predicted octanol–water partition coefficient (Wildman–Crippen LogP) is 4.46. The molecular formula is C21H20F2N4O3. The molecular weight excluding hydrogens is 394 g/mol. The van der Waals surface area contributed by atoms with Gasteiger partial charge in [0, 0.05) is 23.8 Å². The van der Waals surface area contributed by atoms with Crippen LogP contribution in [0.2, 0.25) is 0 Å². The van der Waals surface area contributed by atoms with Crippen LogP contribution < -0.4 is 10.6 Å². The van der Waals surface area contributed by atoms with E-state index in [2.05, 4.69) is 15.6 Å². The Bertz CT molecular complexity index is 1020. The zero-order valence-electron chi connectivity index (χ0n) is 16.1. The minimum atomic E-state index is -0.657. The second kappa shape index (κ2) is 9.64. The second-order valence-corrected chi connectivity index (χ2v) is 6.55. The number of halogens is 2. The molecule has 3 aromatic rings. The summed E-state index contributed by atoms with van der Waals surface area (Å²) >= 11 is 0. The number of nitro groups is 1. The third-order valence-electron chi connectivity index (χ3n) is 4.36. The van der Waals surface area contributed by atoms with E-state index < -0.39 is 22.6 Å². The number of nitrogens with zero attached hydrogens (tertiary/aromatic N) is 2. The van der Waals surface area contributed by atoms with Gasteiger partial charge in [0.1, 0.15) is 17.4 Å². The number of hydrogen-bond donors (Lipinski definition) is 2. The lowest BCUT2D eigenvalue weighted by Gasteiger charge is -2.19. The van der Waals surface area contributed by atoms with Crippen LogP contribution in [-0.4, -0.2) is 10.9 Å². The molecule has 1 heterocycles. The second-order valence-electron chi connectivity index (χ2n) is 6.55. The van der Waals surface area contributed by atoms with Gasteiger partial charge in [0.05, 0.1) is 30.3 Å². The van der Waals surface area contributed by atoms with Gasteiger partial charge in [0.15, 0.2) is 5.96 Å². The number of non-ortho nitro benzene ring substituents is 1. The molecule has 1 unspecified atom stereocenters. The van der Waals surface area contributed by atoms with E-state index in [9.17, 15) is 18.9 Å². The molecule has 0 saturated carbocycles. The SMILES string of the molecule is CC(NC(=NCc1ccc([N+](=O)[O-])cc1)NCc1ccco1)c1ccc(F)cc1F. The maximum Gasteiger partial charge on any atom is 0.269 e. The van der Waals surface area contributed by atoms with Crippen molar-refractivity contribution in [2.45, 2.75) is 26.1 Å². The van der Waals surface area contributed by atoms with Gasteiger partial charge in [0.25, 0.3) is 5.69 Å². The number of nitro benzene ring substituents is 1. The molecule has 2 N–H and O–H groups in total. The Labute approximate surface area is 171 Å². The van der Waals surface area contributed by atoms with E-state index in [4.69, 9.17) is 4.42 Å². The molecule has 156 valence electrons. The van der Waals surface area contributed by atoms with Gasteiger partial charge in [-0.2, -0.15) is 0 Å². The number of furan rings is 1. The summed E-state index contributed by atoms with van der Waals surface area (Å²) in [5.74, 6) is -0.247. The molecule has 30 heavy (non-hydrogen) atoms. The van der Waals surface area contributed by atoms with Crippen molar-refractivity contribution < 1.29 is 18.1 Å². The highest BCUT2D eigenvalue weighted by Gasteiger charge is 2.14. The number of nitrogens with one attached hydrogen (secondary N) is 2. The van der Waals surface area contributed by atoms with Gasteiger partial charge in [-0.1, -0.05) is 18.2 Å². The minimum absolute atomic E-state index is 0.00238. The van der Waals surface area contributed by atoms with Crippen molar-refractivity contribution in [2.75, 3.05) is 0 Å². The quantitative estimate of drug-likeness (QED) is 0.258. The fourth-order valence-corrected chi connectivity index (χ4v) is 2.77. The van der Waals surface area contributed by atoms with E-state index in [0.717, 1.165) is 11.6 Å². The minimum Gasteiger partial charge on any atom is -0.467 e. The van der Waals surface area contributed by atoms with Crippen LogP contribution in [0.15, 0.2) is 70.3 Å². The Balaban J connectivity index is 1.74. The largest absolute Gasteiger partial charge is 0.467 e. The van der Waals surface area contributed by atoms with Gasteiger partial charge < -0.3 is 15.1 Å². The number of aliphatic imine (C=N–C) groups is 1. The molecule has 3 rings (SSSR count). The fourth-order valence-electron chi connectivity index (χ4n) is 2.77. The number of rotatable bonds is 7. The topological polar surface area (TPSA) is 92.7 Å². The first-order valence-corrected chi connectivity index (χ1v) is 9.18. The maximum atomic E-state index is 14.1. The predicted molar refractivity (Wildman–Crippen MR) is 108 cm³/mol. The lowest BCUT2D eigenvalue weighted by atomic mass is 10.1. The maximum absolute atomic E-state index is 14.1. The molecule has 0 spiro atoms. The molecule has 0 aliphatic heterocycles. The van der Waals surface area contributed by atoms with E-state index >= 15 is 0 Å². The van der Waals surface area contributed by atoms with Crippen LogP contribution in [0.25, 0.3) is 0 Å². The molecule has 0 fully saturated rings. The molecule has 0 saturated heterocycles. The smallest absolute Gasteiger partial charge is 0.269 e. The van der Waals surface area contributed by atoms with E-state index in [1.165, 1.54) is 24.3 Å². The average Bonchev–Trinajstić information content (AvgIpc) is 3.23. The third kappa shape index (κ3) is 5.63. The molecule has 1 atom stereocenters. The summed E-state index contributed by atoms with van der Waals surface area (Å²) in [5.41, 5.74) is 1.05. The lowest BCUT2D eigenvalue weighted by Crippen LogP contribution is -2.38. The van der Waals surface area contributed by atoms with Crippen LogP contribution in [-0.2, 0) is 13.1 Å². The molecule has 0 aliphatic rings. The van der Waals surface area contributed by atoms with Crippen molar-refractivity contribution in [3.8, 4) is 0 Å². The first kappa shape index (κ1) is 21.0. The number of benzene rings is 2. The molecule has 2 aromatic carbocycles. The summed E-state index contributed by atoms with van der Waals surface area (Å²) in [6.45, 7) is 2.31. The first-order valence-electron chi connectivity index (χ1n) is 9.18. The van der Waals surface area contributed by atoms with Gasteiger partial charge in [-0.15, -0.1) is 0 Å². The van der Waals surface area contributed by atoms with E-state index in [-0.39, 0.29) is 12.2 Å². The summed E-state index contributed by atoms with van der Waals surface area (Å²) in [7, 11) is 0. The summed E-state index contributed by atoms with van der Waals surface area (Å²) in [4.78, 5) is 14.8. The summed E-state index contributed by atoms with van der Waals surface area (Å²) in [5, 5.41) is 17.0. The van der Waals surface area contributed by atoms with E-state index in [0.29, 0.717) is 23.8 Å². The van der Waals surface area contributed by atoms with Crippen LogP contribution in [0.1, 0.15) is 29.9 Å². The summed E-state index contributed by atoms with van der Waals surface area (Å²) in [6.07, 6.45) is 1.55. The van der Waals surface area contributed by atoms with Crippen LogP contribution >= 0.6 is 0 Å². The fraction of sp³-hybridized carbons (Fsp3) is 0.190. The van der Waals surface area contributed by atoms with Crippen molar-refractivity contribution >= 4 is 11.6 Å². The van der Waals surface area contributed by atoms with Gasteiger partial charge in [0.2, 0.25) is 0 Å². The molecule has 0 bridgehead atoms. The van der Waals surface area contributed by atoms with Crippen molar-refractivity contribution in [3.63, 3.8) is 0 Å². The average molecular weight is 414 g/mol. The number of hydrogen-bond acceptors (Lipinski definition) is 4. The normalized spacial score (nSPS) is 12.4. The van der Waals surface area contributed by atoms with Crippen LogP contribution in [0.5, 0.6) is 0 Å². The highest BCUT2D eigenvalue weighted by atomic mass is 19.1. The van der Waals surface area contributed by atoms with Crippen molar-refractivity contribution in [1.82, 2.24) is 10.6 Å². The van der Waals surface area contributed by atoms with Crippen LogP contribution in [0.4, 0.5) is 14.5 Å².